The smallest absolute Gasteiger partial charge is 0.243 e. The van der Waals surface area contributed by atoms with Crippen LogP contribution in [0.3, 0.4) is 0 Å². The predicted octanol–water partition coefficient (Wildman–Crippen LogP) is 2.84. The zero-order valence-corrected chi connectivity index (χ0v) is 21.8. The molecule has 3 atom stereocenters. The predicted molar refractivity (Wildman–Crippen MR) is 137 cm³/mol. The largest absolute Gasteiger partial charge is 0.494 e. The average molecular weight is 547 g/mol. The first kappa shape index (κ1) is 25.7. The number of rotatable bonds is 8. The van der Waals surface area contributed by atoms with Crippen molar-refractivity contribution >= 4 is 22.2 Å². The molecule has 1 saturated heterocycles. The second kappa shape index (κ2) is 10.5. The average Bonchev–Trinajstić information content (AvgIpc) is 3.58. The van der Waals surface area contributed by atoms with E-state index in [1.165, 1.54) is 31.2 Å². The minimum absolute atomic E-state index is 0.0663. The number of halogens is 1. The summed E-state index contributed by atoms with van der Waals surface area (Å²) in [4.78, 5) is 5.84. The Morgan fingerprint density at radius 3 is 2.55 bits per heavy atom. The van der Waals surface area contributed by atoms with E-state index >= 15 is 0 Å². The van der Waals surface area contributed by atoms with Gasteiger partial charge in [0.2, 0.25) is 21.8 Å². The van der Waals surface area contributed by atoms with Crippen molar-refractivity contribution in [1.82, 2.24) is 19.7 Å². The Morgan fingerprint density at radius 2 is 1.89 bits per heavy atom. The van der Waals surface area contributed by atoms with Crippen LogP contribution < -0.4 is 14.2 Å². The van der Waals surface area contributed by atoms with Gasteiger partial charge < -0.3 is 23.5 Å². The number of nitrogens with one attached hydrogen (secondary N) is 1. The SMILES string of the molecule is COc1cccc(OC)c1-n1c(NS(=O)(=O)[C@@H]2COCC[C@H]2C2N=CC(F)=CN2C)nnc1-c1ccco1. The maximum Gasteiger partial charge on any atom is 0.243 e. The summed E-state index contributed by atoms with van der Waals surface area (Å²) in [5, 5.41) is 7.36. The number of hydrogen-bond donors (Lipinski definition) is 1. The van der Waals surface area contributed by atoms with Crippen LogP contribution in [0.2, 0.25) is 0 Å². The van der Waals surface area contributed by atoms with Gasteiger partial charge in [-0.15, -0.1) is 10.2 Å². The van der Waals surface area contributed by atoms with Crippen LogP contribution in [0.25, 0.3) is 17.3 Å². The first-order valence-electron chi connectivity index (χ1n) is 11.8. The van der Waals surface area contributed by atoms with Crippen molar-refractivity contribution in [3.8, 4) is 28.8 Å². The van der Waals surface area contributed by atoms with E-state index in [4.69, 9.17) is 18.6 Å². The molecule has 1 fully saturated rings. The first-order valence-corrected chi connectivity index (χ1v) is 13.3. The number of hydrogen-bond acceptors (Lipinski definition) is 10. The molecule has 0 radical (unpaired) electrons. The zero-order chi connectivity index (χ0) is 26.9. The summed E-state index contributed by atoms with van der Waals surface area (Å²) in [6, 6.07) is 8.51. The van der Waals surface area contributed by atoms with Gasteiger partial charge >= 0.3 is 0 Å². The van der Waals surface area contributed by atoms with Crippen molar-refractivity contribution < 1.29 is 31.4 Å². The lowest BCUT2D eigenvalue weighted by Gasteiger charge is -2.39. The van der Waals surface area contributed by atoms with E-state index in [1.54, 1.807) is 42.3 Å². The molecule has 2 aliphatic heterocycles. The molecule has 0 saturated carbocycles. The van der Waals surface area contributed by atoms with Gasteiger partial charge in [0.1, 0.15) is 28.6 Å². The maximum absolute atomic E-state index is 13.8. The van der Waals surface area contributed by atoms with Crippen LogP contribution in [0, 0.1) is 5.92 Å². The molecule has 202 valence electrons. The molecule has 0 amide bonds. The van der Waals surface area contributed by atoms with Crippen molar-refractivity contribution in [1.29, 1.82) is 0 Å². The van der Waals surface area contributed by atoms with Gasteiger partial charge in [0, 0.05) is 25.8 Å². The number of methoxy groups -OCH3 is 2. The molecular weight excluding hydrogens is 519 g/mol. The van der Waals surface area contributed by atoms with Crippen molar-refractivity contribution in [2.24, 2.45) is 10.9 Å². The summed E-state index contributed by atoms with van der Waals surface area (Å²) >= 11 is 0. The Bertz CT molecular complexity index is 1430. The molecule has 4 heterocycles. The standard InChI is InChI=1S/C24H27FN6O6S/c1-30-13-15(25)12-26-22(30)16-9-11-36-14-20(16)38(32,33)29-24-28-27-23(19-8-5-10-37-19)31(24)21-17(34-2)6-4-7-18(21)35-3/h4-8,10,12-13,16,20,22H,9,11,14H2,1-3H3,(H,28,29)/t16-,20-,22?/m1/s1. The summed E-state index contributed by atoms with van der Waals surface area (Å²) in [5.41, 5.74) is 0.375. The molecule has 1 aromatic carbocycles. The van der Waals surface area contributed by atoms with E-state index in [0.29, 0.717) is 36.0 Å². The van der Waals surface area contributed by atoms with Crippen LogP contribution in [-0.4, -0.2) is 80.2 Å². The van der Waals surface area contributed by atoms with Gasteiger partial charge in [-0.2, -0.15) is 0 Å². The quantitative estimate of drug-likeness (QED) is 0.453. The zero-order valence-electron chi connectivity index (χ0n) is 20.9. The van der Waals surface area contributed by atoms with Crippen molar-refractivity contribution in [2.75, 3.05) is 39.2 Å². The Kier molecular flexibility index (Phi) is 7.08. The minimum atomic E-state index is -4.12. The van der Waals surface area contributed by atoms with Crippen molar-refractivity contribution in [3.63, 3.8) is 0 Å². The van der Waals surface area contributed by atoms with Gasteiger partial charge in [-0.1, -0.05) is 6.07 Å². The van der Waals surface area contributed by atoms with Gasteiger partial charge in [0.15, 0.2) is 11.6 Å². The molecule has 5 rings (SSSR count). The van der Waals surface area contributed by atoms with Crippen LogP contribution in [0.1, 0.15) is 6.42 Å². The molecule has 1 unspecified atom stereocenters. The summed E-state index contributed by atoms with van der Waals surface area (Å²) in [7, 11) is 0.513. The minimum Gasteiger partial charge on any atom is -0.494 e. The molecule has 14 heteroatoms. The summed E-state index contributed by atoms with van der Waals surface area (Å²) in [6.07, 6.45) is 3.71. The fourth-order valence-electron chi connectivity index (χ4n) is 4.74. The monoisotopic (exact) mass is 546 g/mol. The summed E-state index contributed by atoms with van der Waals surface area (Å²) < 4.78 is 67.7. The third-order valence-electron chi connectivity index (χ3n) is 6.50. The molecule has 2 aliphatic rings. The number of aromatic nitrogens is 3. The van der Waals surface area contributed by atoms with Gasteiger partial charge in [0.05, 0.1) is 33.3 Å². The van der Waals surface area contributed by atoms with E-state index in [2.05, 4.69) is 19.9 Å². The van der Waals surface area contributed by atoms with Gasteiger partial charge in [-0.05, 0) is 30.7 Å². The van der Waals surface area contributed by atoms with E-state index in [1.807, 2.05) is 0 Å². The number of anilines is 1. The van der Waals surface area contributed by atoms with E-state index in [9.17, 15) is 12.8 Å². The molecule has 2 aromatic heterocycles. The lowest BCUT2D eigenvalue weighted by molar-refractivity contribution is 0.0447. The second-order valence-corrected chi connectivity index (χ2v) is 10.7. The molecule has 0 bridgehead atoms. The van der Waals surface area contributed by atoms with E-state index in [-0.39, 0.29) is 18.4 Å². The van der Waals surface area contributed by atoms with Gasteiger partial charge in [-0.25, -0.2) is 12.8 Å². The third kappa shape index (κ3) is 4.72. The summed E-state index contributed by atoms with van der Waals surface area (Å²) in [5.74, 6) is 0.277. The molecule has 38 heavy (non-hydrogen) atoms. The number of furan rings is 1. The summed E-state index contributed by atoms with van der Waals surface area (Å²) in [6.45, 7) is 0.295. The van der Waals surface area contributed by atoms with Crippen molar-refractivity contribution in [2.45, 2.75) is 17.8 Å². The lowest BCUT2D eigenvalue weighted by atomic mass is 9.95. The third-order valence-corrected chi connectivity index (χ3v) is 8.25. The normalized spacial score (nSPS) is 21.7. The molecular formula is C24H27FN6O6S. The molecule has 0 aliphatic carbocycles. The highest BCUT2D eigenvalue weighted by Gasteiger charge is 2.43. The Hall–Kier alpha value is -3.91. The van der Waals surface area contributed by atoms with Crippen LogP contribution in [0.4, 0.5) is 10.3 Å². The molecule has 1 N–H and O–H groups in total. The van der Waals surface area contributed by atoms with Gasteiger partial charge in [-0.3, -0.25) is 14.3 Å². The number of sulfonamides is 1. The van der Waals surface area contributed by atoms with Gasteiger partial charge in [0.25, 0.3) is 0 Å². The lowest BCUT2D eigenvalue weighted by Crippen LogP contribution is -2.50. The topological polar surface area (TPSA) is 133 Å². The van der Waals surface area contributed by atoms with Crippen LogP contribution in [0.15, 0.2) is 58.0 Å². The maximum atomic E-state index is 13.8. The number of benzene rings is 1. The molecule has 12 nitrogen and oxygen atoms in total. The molecule has 0 spiro atoms. The number of nitrogens with zero attached hydrogens (tertiary/aromatic N) is 5. The van der Waals surface area contributed by atoms with Crippen LogP contribution >= 0.6 is 0 Å². The highest BCUT2D eigenvalue weighted by atomic mass is 32.2. The molecule has 3 aromatic rings. The Morgan fingerprint density at radius 1 is 1.13 bits per heavy atom. The second-order valence-electron chi connectivity index (χ2n) is 8.76. The van der Waals surface area contributed by atoms with E-state index in [0.717, 1.165) is 6.21 Å². The first-order chi connectivity index (χ1) is 18.3. The highest BCUT2D eigenvalue weighted by Crippen LogP contribution is 2.38. The van der Waals surface area contributed by atoms with Crippen LogP contribution in [-0.2, 0) is 14.8 Å². The fourth-order valence-corrected chi connectivity index (χ4v) is 6.29. The number of allylic oxidation sites excluding steroid dienone is 1. The Balaban J connectivity index is 1.57. The highest BCUT2D eigenvalue weighted by molar-refractivity contribution is 7.93. The number of ether oxygens (including phenoxy) is 3. The number of para-hydroxylation sites is 1. The van der Waals surface area contributed by atoms with Crippen LogP contribution in [0.5, 0.6) is 11.5 Å². The Labute approximate surface area is 218 Å². The fraction of sp³-hybridized carbons (Fsp3) is 0.375. The van der Waals surface area contributed by atoms with E-state index < -0.39 is 33.2 Å². The van der Waals surface area contributed by atoms with Crippen molar-refractivity contribution in [3.05, 3.63) is 48.6 Å². The number of aliphatic imine (C=N–C) groups is 1.